The van der Waals surface area contributed by atoms with Gasteiger partial charge in [0.2, 0.25) is 0 Å². The largest absolute Gasteiger partial charge is 0.497 e. The molecule has 2 aromatic carbocycles. The molecule has 1 N–H and O–H groups in total. The van der Waals surface area contributed by atoms with Gasteiger partial charge in [-0.05, 0) is 18.2 Å². The molecule has 1 amide bonds. The van der Waals surface area contributed by atoms with Crippen LogP contribution in [0.4, 0.5) is 4.39 Å². The Morgan fingerprint density at radius 1 is 1.08 bits per heavy atom. The van der Waals surface area contributed by atoms with Gasteiger partial charge in [-0.25, -0.2) is 4.39 Å². The maximum absolute atomic E-state index is 13.8. The fraction of sp³-hybridized carbons (Fsp3) is 0.350. The number of benzene rings is 2. The summed E-state index contributed by atoms with van der Waals surface area (Å²) < 4.78 is 24.3. The molecule has 138 valence electrons. The summed E-state index contributed by atoms with van der Waals surface area (Å²) in [6, 6.07) is 12.1. The Morgan fingerprint density at radius 2 is 1.69 bits per heavy atom. The lowest BCUT2D eigenvalue weighted by Gasteiger charge is -2.32. The van der Waals surface area contributed by atoms with Crippen molar-refractivity contribution >= 4 is 5.91 Å². The molecule has 0 spiro atoms. The number of carbonyl (C=O) groups excluding carboxylic acids is 1. The van der Waals surface area contributed by atoms with Gasteiger partial charge in [0.25, 0.3) is 5.91 Å². The summed E-state index contributed by atoms with van der Waals surface area (Å²) in [4.78, 5) is 15.9. The lowest BCUT2D eigenvalue weighted by Crippen LogP contribution is -3.13. The molecule has 0 aromatic heterocycles. The molecule has 1 aliphatic heterocycles. The standard InChI is InChI=1S/C20H23FN2O3/c1-25-17-11-16(12-18(13-17)26-2)20(24)23-9-7-22(8-10-23)14-15-5-3-4-6-19(15)21/h3-6,11-13H,7-10,14H2,1-2H3/p+1. The lowest BCUT2D eigenvalue weighted by atomic mass is 10.1. The second-order valence-corrected chi connectivity index (χ2v) is 6.41. The second-order valence-electron chi connectivity index (χ2n) is 6.41. The third kappa shape index (κ3) is 4.14. The van der Waals surface area contributed by atoms with Crippen LogP contribution in [0.5, 0.6) is 11.5 Å². The minimum Gasteiger partial charge on any atom is -0.497 e. The van der Waals surface area contributed by atoms with Gasteiger partial charge in [0, 0.05) is 17.2 Å². The summed E-state index contributed by atoms with van der Waals surface area (Å²) in [5, 5.41) is 0. The van der Waals surface area contributed by atoms with Crippen LogP contribution in [0.2, 0.25) is 0 Å². The molecule has 0 atom stereocenters. The highest BCUT2D eigenvalue weighted by molar-refractivity contribution is 5.95. The van der Waals surface area contributed by atoms with Crippen molar-refractivity contribution in [2.75, 3.05) is 40.4 Å². The first kappa shape index (κ1) is 18.2. The average molecular weight is 359 g/mol. The van der Waals surface area contributed by atoms with E-state index in [1.807, 2.05) is 17.0 Å². The molecule has 1 aliphatic rings. The summed E-state index contributed by atoms with van der Waals surface area (Å²) in [5.74, 6) is 0.988. The van der Waals surface area contributed by atoms with Crippen molar-refractivity contribution in [1.82, 2.24) is 4.90 Å². The molecular weight excluding hydrogens is 335 g/mol. The Balaban J connectivity index is 1.63. The van der Waals surface area contributed by atoms with Gasteiger partial charge in [-0.2, -0.15) is 0 Å². The highest BCUT2D eigenvalue weighted by atomic mass is 19.1. The zero-order chi connectivity index (χ0) is 18.5. The van der Waals surface area contributed by atoms with Gasteiger partial charge in [-0.15, -0.1) is 0 Å². The fourth-order valence-corrected chi connectivity index (χ4v) is 3.23. The molecule has 6 heteroatoms. The number of carbonyl (C=O) groups is 1. The van der Waals surface area contributed by atoms with E-state index in [9.17, 15) is 9.18 Å². The average Bonchev–Trinajstić information content (AvgIpc) is 2.69. The van der Waals surface area contributed by atoms with Crippen LogP contribution in [0.15, 0.2) is 42.5 Å². The molecule has 0 aliphatic carbocycles. The van der Waals surface area contributed by atoms with E-state index < -0.39 is 0 Å². The number of halogens is 1. The van der Waals surface area contributed by atoms with Crippen LogP contribution in [0.25, 0.3) is 0 Å². The number of ether oxygens (including phenoxy) is 2. The third-order valence-electron chi connectivity index (χ3n) is 4.75. The zero-order valence-corrected chi connectivity index (χ0v) is 15.1. The van der Waals surface area contributed by atoms with E-state index in [2.05, 4.69) is 0 Å². The number of nitrogens with zero attached hydrogens (tertiary/aromatic N) is 1. The van der Waals surface area contributed by atoms with Crippen LogP contribution in [0.3, 0.4) is 0 Å². The molecule has 3 rings (SSSR count). The van der Waals surface area contributed by atoms with Crippen LogP contribution in [0.1, 0.15) is 15.9 Å². The summed E-state index contributed by atoms with van der Waals surface area (Å²) in [6.45, 7) is 3.51. The highest BCUT2D eigenvalue weighted by Gasteiger charge is 2.25. The van der Waals surface area contributed by atoms with Crippen LogP contribution in [-0.4, -0.2) is 51.2 Å². The molecular formula is C20H24FN2O3+. The number of rotatable bonds is 5. The van der Waals surface area contributed by atoms with Crippen molar-refractivity contribution in [3.63, 3.8) is 0 Å². The Morgan fingerprint density at radius 3 is 2.27 bits per heavy atom. The lowest BCUT2D eigenvalue weighted by molar-refractivity contribution is -0.917. The third-order valence-corrected chi connectivity index (χ3v) is 4.75. The monoisotopic (exact) mass is 359 g/mol. The van der Waals surface area contributed by atoms with E-state index in [1.165, 1.54) is 11.0 Å². The van der Waals surface area contributed by atoms with E-state index in [4.69, 9.17) is 9.47 Å². The Kier molecular flexibility index (Phi) is 5.73. The van der Waals surface area contributed by atoms with Crippen molar-refractivity contribution in [2.24, 2.45) is 0 Å². The predicted molar refractivity (Wildman–Crippen MR) is 96.3 cm³/mol. The van der Waals surface area contributed by atoms with Crippen LogP contribution in [-0.2, 0) is 6.54 Å². The minimum atomic E-state index is -0.165. The maximum Gasteiger partial charge on any atom is 0.254 e. The number of amides is 1. The Labute approximate surface area is 152 Å². The smallest absolute Gasteiger partial charge is 0.254 e. The number of hydrogen-bond acceptors (Lipinski definition) is 3. The number of hydrogen-bond donors (Lipinski definition) is 1. The molecule has 26 heavy (non-hydrogen) atoms. The minimum absolute atomic E-state index is 0.0351. The number of methoxy groups -OCH3 is 2. The topological polar surface area (TPSA) is 43.2 Å². The van der Waals surface area contributed by atoms with Gasteiger partial charge in [-0.1, -0.05) is 18.2 Å². The number of nitrogens with one attached hydrogen (secondary N) is 1. The van der Waals surface area contributed by atoms with Gasteiger partial charge in [-0.3, -0.25) is 4.79 Å². The first-order chi connectivity index (χ1) is 12.6. The molecule has 2 aromatic rings. The molecule has 0 saturated carbocycles. The molecule has 1 heterocycles. The first-order valence-corrected chi connectivity index (χ1v) is 8.70. The second kappa shape index (κ2) is 8.19. The van der Waals surface area contributed by atoms with Crippen molar-refractivity contribution in [1.29, 1.82) is 0 Å². The van der Waals surface area contributed by atoms with Gasteiger partial charge in [0.1, 0.15) is 23.9 Å². The highest BCUT2D eigenvalue weighted by Crippen LogP contribution is 2.23. The van der Waals surface area contributed by atoms with E-state index >= 15 is 0 Å². The first-order valence-electron chi connectivity index (χ1n) is 8.70. The van der Waals surface area contributed by atoms with Crippen LogP contribution in [0, 0.1) is 5.82 Å². The molecule has 0 radical (unpaired) electrons. The summed E-state index contributed by atoms with van der Waals surface area (Å²) >= 11 is 0. The van der Waals surface area contributed by atoms with Gasteiger partial charge in [0.15, 0.2) is 0 Å². The van der Waals surface area contributed by atoms with E-state index in [0.717, 1.165) is 18.7 Å². The molecule has 5 nitrogen and oxygen atoms in total. The number of piperazine rings is 1. The summed E-state index contributed by atoms with van der Waals surface area (Å²) in [5.41, 5.74) is 1.28. The quantitative estimate of drug-likeness (QED) is 0.877. The van der Waals surface area contributed by atoms with E-state index in [-0.39, 0.29) is 11.7 Å². The van der Waals surface area contributed by atoms with Crippen molar-refractivity contribution < 1.29 is 23.6 Å². The summed E-state index contributed by atoms with van der Waals surface area (Å²) in [7, 11) is 3.13. The molecule has 0 bridgehead atoms. The van der Waals surface area contributed by atoms with Crippen LogP contribution >= 0.6 is 0 Å². The molecule has 1 fully saturated rings. The fourth-order valence-electron chi connectivity index (χ4n) is 3.23. The molecule has 0 unspecified atom stereocenters. The van der Waals surface area contributed by atoms with Gasteiger partial charge in [0.05, 0.1) is 40.4 Å². The maximum atomic E-state index is 13.8. The SMILES string of the molecule is COc1cc(OC)cc(C(=O)N2CC[NH+](Cc3ccccc3F)CC2)c1. The normalized spacial score (nSPS) is 15.0. The number of quaternary nitrogens is 1. The van der Waals surface area contributed by atoms with Crippen molar-refractivity contribution in [3.05, 3.63) is 59.4 Å². The van der Waals surface area contributed by atoms with Crippen molar-refractivity contribution in [3.8, 4) is 11.5 Å². The molecule has 1 saturated heterocycles. The van der Waals surface area contributed by atoms with Gasteiger partial charge < -0.3 is 19.3 Å². The van der Waals surface area contributed by atoms with E-state index in [1.54, 1.807) is 38.5 Å². The van der Waals surface area contributed by atoms with Crippen LogP contribution < -0.4 is 14.4 Å². The Bertz CT molecular complexity index is 751. The predicted octanol–water partition coefficient (Wildman–Crippen LogP) is 1.38. The van der Waals surface area contributed by atoms with Gasteiger partial charge >= 0.3 is 0 Å². The Hall–Kier alpha value is -2.60. The van der Waals surface area contributed by atoms with Crippen molar-refractivity contribution in [2.45, 2.75) is 6.54 Å². The zero-order valence-electron chi connectivity index (χ0n) is 15.1. The van der Waals surface area contributed by atoms with E-state index in [0.29, 0.717) is 36.7 Å². The summed E-state index contributed by atoms with van der Waals surface area (Å²) in [6.07, 6.45) is 0.